The topological polar surface area (TPSA) is 46.2 Å². The number of amides is 1. The number of carbonyl (C=O) groups is 2. The number of ketones is 1. The second-order valence-corrected chi connectivity index (χ2v) is 4.29. The van der Waals surface area contributed by atoms with Crippen LogP contribution in [0, 0.1) is 11.8 Å². The highest BCUT2D eigenvalue weighted by Gasteiger charge is 2.20. The van der Waals surface area contributed by atoms with E-state index in [0.717, 1.165) is 23.1 Å². The van der Waals surface area contributed by atoms with E-state index in [-0.39, 0.29) is 11.7 Å². The monoisotopic (exact) mass is 241 g/mol. The molecule has 1 N–H and O–H groups in total. The Kier molecular flexibility index (Phi) is 3.78. The lowest BCUT2D eigenvalue weighted by molar-refractivity contribution is -0.118. The third kappa shape index (κ3) is 2.78. The highest BCUT2D eigenvalue weighted by Crippen LogP contribution is 2.24. The van der Waals surface area contributed by atoms with Gasteiger partial charge in [0, 0.05) is 37.4 Å². The summed E-state index contributed by atoms with van der Waals surface area (Å²) in [6.07, 6.45) is 2.02. The molecule has 0 spiro atoms. The molecule has 1 aromatic carbocycles. The van der Waals surface area contributed by atoms with E-state index in [1.807, 2.05) is 18.2 Å². The fourth-order valence-corrected chi connectivity index (χ4v) is 2.07. The van der Waals surface area contributed by atoms with Gasteiger partial charge in [-0.1, -0.05) is 24.0 Å². The molecule has 0 atom stereocenters. The Labute approximate surface area is 107 Å². The van der Waals surface area contributed by atoms with E-state index in [2.05, 4.69) is 17.2 Å². The largest absolute Gasteiger partial charge is 0.355 e. The number of benzene rings is 1. The molecule has 0 radical (unpaired) electrons. The first-order valence-electron chi connectivity index (χ1n) is 6.07. The van der Waals surface area contributed by atoms with Crippen molar-refractivity contribution < 1.29 is 9.59 Å². The van der Waals surface area contributed by atoms with Gasteiger partial charge in [0.1, 0.15) is 0 Å². The molecule has 0 aliphatic heterocycles. The third-order valence-electron chi connectivity index (χ3n) is 2.93. The van der Waals surface area contributed by atoms with Crippen LogP contribution in [0.3, 0.4) is 0 Å². The zero-order valence-corrected chi connectivity index (χ0v) is 10.4. The molecule has 0 saturated heterocycles. The van der Waals surface area contributed by atoms with Gasteiger partial charge in [-0.3, -0.25) is 9.59 Å². The molecular formula is C15H15NO2. The van der Waals surface area contributed by atoms with Crippen molar-refractivity contribution in [2.24, 2.45) is 0 Å². The van der Waals surface area contributed by atoms with Crippen molar-refractivity contribution in [2.45, 2.75) is 26.2 Å². The van der Waals surface area contributed by atoms with Gasteiger partial charge in [-0.2, -0.15) is 0 Å². The van der Waals surface area contributed by atoms with Gasteiger partial charge in [0.15, 0.2) is 5.78 Å². The van der Waals surface area contributed by atoms with Gasteiger partial charge in [-0.25, -0.2) is 0 Å². The average Bonchev–Trinajstić information content (AvgIpc) is 2.71. The van der Waals surface area contributed by atoms with Crippen molar-refractivity contribution in [2.75, 3.05) is 6.54 Å². The molecule has 1 aromatic rings. The molecule has 0 saturated carbocycles. The van der Waals surface area contributed by atoms with Crippen LogP contribution in [-0.2, 0) is 11.2 Å². The maximum atomic E-state index is 11.6. The second kappa shape index (κ2) is 5.50. The molecule has 1 amide bonds. The first-order valence-corrected chi connectivity index (χ1v) is 6.07. The fourth-order valence-electron chi connectivity index (χ4n) is 2.07. The predicted octanol–water partition coefficient (Wildman–Crippen LogP) is 1.69. The van der Waals surface area contributed by atoms with E-state index >= 15 is 0 Å². The minimum Gasteiger partial charge on any atom is -0.355 e. The summed E-state index contributed by atoms with van der Waals surface area (Å²) >= 11 is 0. The van der Waals surface area contributed by atoms with Crippen molar-refractivity contribution in [3.05, 3.63) is 34.9 Å². The molecule has 0 heterocycles. The van der Waals surface area contributed by atoms with Crippen LogP contribution in [0.2, 0.25) is 0 Å². The first-order chi connectivity index (χ1) is 8.68. The Balaban J connectivity index is 2.05. The summed E-state index contributed by atoms with van der Waals surface area (Å²) in [6, 6.07) is 5.69. The Hall–Kier alpha value is -2.08. The maximum Gasteiger partial charge on any atom is 0.216 e. The molecule has 3 heteroatoms. The van der Waals surface area contributed by atoms with Crippen molar-refractivity contribution in [3.8, 4) is 11.8 Å². The van der Waals surface area contributed by atoms with Gasteiger partial charge in [-0.05, 0) is 18.1 Å². The molecular weight excluding hydrogens is 226 g/mol. The van der Waals surface area contributed by atoms with Crippen LogP contribution < -0.4 is 5.32 Å². The van der Waals surface area contributed by atoms with Crippen LogP contribution in [-0.4, -0.2) is 18.2 Å². The van der Waals surface area contributed by atoms with E-state index in [9.17, 15) is 9.59 Å². The summed E-state index contributed by atoms with van der Waals surface area (Å²) in [7, 11) is 0. The molecule has 0 unspecified atom stereocenters. The average molecular weight is 241 g/mol. The summed E-state index contributed by atoms with van der Waals surface area (Å²) in [5, 5.41) is 2.70. The van der Waals surface area contributed by atoms with Gasteiger partial charge in [0.25, 0.3) is 0 Å². The summed E-state index contributed by atoms with van der Waals surface area (Å²) in [4.78, 5) is 22.2. The third-order valence-corrected chi connectivity index (χ3v) is 2.93. The van der Waals surface area contributed by atoms with E-state index in [0.29, 0.717) is 19.4 Å². The van der Waals surface area contributed by atoms with Crippen LogP contribution in [0.25, 0.3) is 0 Å². The standard InChI is InChI=1S/C15H15NO2/c1-11(17)16-10-3-2-5-12-6-4-7-14-13(12)8-9-15(14)18/h4,6-7H,3,8-10H2,1H3,(H,16,17). The molecule has 3 nitrogen and oxygen atoms in total. The number of Topliss-reactive ketones (excluding diaryl/α,β-unsaturated/α-hetero) is 1. The Bertz CT molecular complexity index is 549. The highest BCUT2D eigenvalue weighted by molar-refractivity contribution is 6.01. The van der Waals surface area contributed by atoms with Crippen molar-refractivity contribution in [3.63, 3.8) is 0 Å². The number of hydrogen-bond donors (Lipinski definition) is 1. The molecule has 92 valence electrons. The summed E-state index contributed by atoms with van der Waals surface area (Å²) in [6.45, 7) is 2.05. The van der Waals surface area contributed by atoms with E-state index in [1.54, 1.807) is 0 Å². The Morgan fingerprint density at radius 1 is 1.39 bits per heavy atom. The number of rotatable bonds is 2. The highest BCUT2D eigenvalue weighted by atomic mass is 16.1. The normalized spacial score (nSPS) is 12.6. The van der Waals surface area contributed by atoms with Crippen LogP contribution in [0.4, 0.5) is 0 Å². The van der Waals surface area contributed by atoms with Crippen molar-refractivity contribution in [1.29, 1.82) is 0 Å². The quantitative estimate of drug-likeness (QED) is 0.632. The molecule has 0 aromatic heterocycles. The number of fused-ring (bicyclic) bond motifs is 1. The fraction of sp³-hybridized carbons (Fsp3) is 0.333. The van der Waals surface area contributed by atoms with E-state index < -0.39 is 0 Å². The van der Waals surface area contributed by atoms with Crippen LogP contribution in [0.15, 0.2) is 18.2 Å². The molecule has 1 aliphatic rings. The van der Waals surface area contributed by atoms with Crippen LogP contribution in [0.1, 0.15) is 41.3 Å². The molecule has 0 bridgehead atoms. The number of nitrogens with one attached hydrogen (secondary N) is 1. The number of carbonyl (C=O) groups excluding carboxylic acids is 2. The summed E-state index contributed by atoms with van der Waals surface area (Å²) in [5.74, 6) is 6.29. The molecule has 0 fully saturated rings. The predicted molar refractivity (Wildman–Crippen MR) is 69.3 cm³/mol. The maximum absolute atomic E-state index is 11.6. The van der Waals surface area contributed by atoms with Crippen molar-refractivity contribution in [1.82, 2.24) is 5.32 Å². The zero-order valence-electron chi connectivity index (χ0n) is 10.4. The lowest BCUT2D eigenvalue weighted by atomic mass is 10.0. The molecule has 18 heavy (non-hydrogen) atoms. The van der Waals surface area contributed by atoms with Gasteiger partial charge in [-0.15, -0.1) is 0 Å². The van der Waals surface area contributed by atoms with E-state index in [4.69, 9.17) is 0 Å². The number of hydrogen-bond acceptors (Lipinski definition) is 2. The van der Waals surface area contributed by atoms with Gasteiger partial charge >= 0.3 is 0 Å². The lowest BCUT2D eigenvalue weighted by Crippen LogP contribution is -2.20. The van der Waals surface area contributed by atoms with Crippen molar-refractivity contribution >= 4 is 11.7 Å². The smallest absolute Gasteiger partial charge is 0.216 e. The van der Waals surface area contributed by atoms with Gasteiger partial charge < -0.3 is 5.32 Å². The van der Waals surface area contributed by atoms with Crippen LogP contribution in [0.5, 0.6) is 0 Å². The summed E-state index contributed by atoms with van der Waals surface area (Å²) < 4.78 is 0. The Morgan fingerprint density at radius 2 is 2.22 bits per heavy atom. The minimum absolute atomic E-state index is 0.0389. The minimum atomic E-state index is -0.0389. The lowest BCUT2D eigenvalue weighted by Gasteiger charge is -2.00. The second-order valence-electron chi connectivity index (χ2n) is 4.29. The van der Waals surface area contributed by atoms with Gasteiger partial charge in [0.2, 0.25) is 5.91 Å². The summed E-state index contributed by atoms with van der Waals surface area (Å²) in [5.41, 5.74) is 2.85. The zero-order chi connectivity index (χ0) is 13.0. The molecule has 2 rings (SSSR count). The van der Waals surface area contributed by atoms with E-state index in [1.165, 1.54) is 6.92 Å². The van der Waals surface area contributed by atoms with Crippen LogP contribution >= 0.6 is 0 Å². The molecule has 1 aliphatic carbocycles. The Morgan fingerprint density at radius 3 is 3.00 bits per heavy atom. The van der Waals surface area contributed by atoms with Gasteiger partial charge in [0.05, 0.1) is 0 Å². The first kappa shape index (κ1) is 12.4. The SMILES string of the molecule is CC(=O)NCCC#Cc1cccc2c1CCC2=O.